The molecule has 3 rings (SSSR count). The number of ether oxygens (including phenoxy) is 2. The Kier molecular flexibility index (Phi) is 7.12. The molecule has 0 aliphatic carbocycles. The van der Waals surface area contributed by atoms with Crippen molar-refractivity contribution in [2.45, 2.75) is 12.8 Å². The van der Waals surface area contributed by atoms with Gasteiger partial charge in [0.15, 0.2) is 12.0 Å². The molecule has 2 heterocycles. The van der Waals surface area contributed by atoms with Crippen LogP contribution in [-0.2, 0) is 0 Å². The van der Waals surface area contributed by atoms with E-state index in [4.69, 9.17) is 26.2 Å². The molecule has 9 nitrogen and oxygen atoms in total. The van der Waals surface area contributed by atoms with Gasteiger partial charge in [0.2, 0.25) is 0 Å². The fraction of sp³-hybridized carbons (Fsp3) is 0.316. The Hall–Kier alpha value is -3.85. The number of benzene rings is 1. The number of anilines is 1. The van der Waals surface area contributed by atoms with Gasteiger partial charge in [-0.25, -0.2) is 0 Å². The molecule has 0 atom stereocenters. The number of primary amides is 1. The zero-order valence-corrected chi connectivity index (χ0v) is 15.8. The number of amides is 1. The molecule has 1 aliphatic rings. The number of carbonyl (C=O) groups excluding carboxylic acids is 1. The molecule has 1 saturated heterocycles. The number of hydrogen-bond donors (Lipinski definition) is 3. The van der Waals surface area contributed by atoms with Gasteiger partial charge in [0.1, 0.15) is 22.8 Å². The van der Waals surface area contributed by atoms with Crippen LogP contribution in [0.1, 0.15) is 34.5 Å². The highest BCUT2D eigenvalue weighted by Gasteiger charge is 2.14. The van der Waals surface area contributed by atoms with Crippen LogP contribution in [0.3, 0.4) is 0 Å². The molecule has 1 aromatic carbocycles. The molecule has 28 heavy (non-hydrogen) atoms. The third-order valence-electron chi connectivity index (χ3n) is 3.97. The van der Waals surface area contributed by atoms with Crippen LogP contribution >= 0.6 is 0 Å². The lowest BCUT2D eigenvalue weighted by molar-refractivity contribution is 0.100. The van der Waals surface area contributed by atoms with Crippen molar-refractivity contribution in [1.29, 1.82) is 5.26 Å². The maximum absolute atomic E-state index is 11.3. The summed E-state index contributed by atoms with van der Waals surface area (Å²) in [6.07, 6.45) is 4.50. The van der Waals surface area contributed by atoms with E-state index in [1.54, 1.807) is 37.3 Å². The Morgan fingerprint density at radius 2 is 1.79 bits per heavy atom. The van der Waals surface area contributed by atoms with E-state index in [0.29, 0.717) is 17.1 Å². The van der Waals surface area contributed by atoms with Gasteiger partial charge in [0, 0.05) is 24.7 Å². The fourth-order valence-corrected chi connectivity index (χ4v) is 2.53. The van der Waals surface area contributed by atoms with E-state index in [2.05, 4.69) is 28.2 Å². The van der Waals surface area contributed by atoms with Crippen LogP contribution in [0.25, 0.3) is 0 Å². The van der Waals surface area contributed by atoms with Crippen LogP contribution in [0, 0.1) is 23.3 Å². The molecule has 5 N–H and O–H groups in total. The second kappa shape index (κ2) is 9.74. The van der Waals surface area contributed by atoms with Crippen molar-refractivity contribution in [2.24, 2.45) is 5.73 Å². The Labute approximate surface area is 163 Å². The van der Waals surface area contributed by atoms with Crippen molar-refractivity contribution in [2.75, 3.05) is 33.0 Å². The van der Waals surface area contributed by atoms with Crippen molar-refractivity contribution in [3.63, 3.8) is 0 Å². The summed E-state index contributed by atoms with van der Waals surface area (Å²) in [6, 6.07) is 5.20. The lowest BCUT2D eigenvalue weighted by Gasteiger charge is -2.04. The zero-order valence-electron chi connectivity index (χ0n) is 15.8. The minimum absolute atomic E-state index is 0.0232. The molecular formula is C19H22N6O3. The maximum Gasteiger partial charge on any atom is 0.255 e. The maximum atomic E-state index is 11.3. The summed E-state index contributed by atoms with van der Waals surface area (Å²) in [7, 11) is 3.10. The second-order valence-electron chi connectivity index (χ2n) is 5.87. The predicted molar refractivity (Wildman–Crippen MR) is 103 cm³/mol. The summed E-state index contributed by atoms with van der Waals surface area (Å²) < 4.78 is 10.3. The Balaban J connectivity index is 0.000000336. The Morgan fingerprint density at radius 3 is 2.25 bits per heavy atom. The summed E-state index contributed by atoms with van der Waals surface area (Å²) in [6.45, 7) is 1.97. The highest BCUT2D eigenvalue weighted by Crippen LogP contribution is 2.22. The van der Waals surface area contributed by atoms with E-state index in [-0.39, 0.29) is 17.1 Å². The number of nitrogen functional groups attached to an aromatic ring is 1. The van der Waals surface area contributed by atoms with Gasteiger partial charge >= 0.3 is 0 Å². The van der Waals surface area contributed by atoms with E-state index < -0.39 is 5.91 Å². The molecule has 0 unspecified atom stereocenters. The minimum Gasteiger partial charge on any atom is -0.497 e. The average molecular weight is 382 g/mol. The number of methoxy groups -OCH3 is 2. The van der Waals surface area contributed by atoms with E-state index in [1.807, 2.05) is 0 Å². The molecule has 1 aromatic heterocycles. The number of hydrogen-bond acceptors (Lipinski definition) is 7. The van der Waals surface area contributed by atoms with Gasteiger partial charge in [-0.2, -0.15) is 10.4 Å². The number of nitrogens with two attached hydrogens (primary N) is 2. The van der Waals surface area contributed by atoms with E-state index in [0.717, 1.165) is 13.1 Å². The van der Waals surface area contributed by atoms with Crippen molar-refractivity contribution in [3.8, 4) is 29.5 Å². The topological polar surface area (TPSA) is 143 Å². The largest absolute Gasteiger partial charge is 0.497 e. The number of rotatable bonds is 3. The molecule has 146 valence electrons. The van der Waals surface area contributed by atoms with Gasteiger partial charge in [-0.3, -0.25) is 9.89 Å². The van der Waals surface area contributed by atoms with Gasteiger partial charge in [-0.1, -0.05) is 5.92 Å². The molecule has 1 amide bonds. The quantitative estimate of drug-likeness (QED) is 0.532. The third kappa shape index (κ3) is 5.32. The molecule has 0 saturated carbocycles. The van der Waals surface area contributed by atoms with Gasteiger partial charge in [0.05, 0.1) is 14.2 Å². The van der Waals surface area contributed by atoms with Crippen molar-refractivity contribution < 1.29 is 14.3 Å². The van der Waals surface area contributed by atoms with Crippen LogP contribution < -0.4 is 20.9 Å². The first-order valence-corrected chi connectivity index (χ1v) is 8.52. The van der Waals surface area contributed by atoms with E-state index in [1.165, 1.54) is 12.8 Å². The molecule has 2 aromatic rings. The highest BCUT2D eigenvalue weighted by molar-refractivity contribution is 5.99. The lowest BCUT2D eigenvalue weighted by Crippen LogP contribution is -2.13. The second-order valence-corrected chi connectivity index (χ2v) is 5.87. The van der Waals surface area contributed by atoms with Crippen molar-refractivity contribution in [1.82, 2.24) is 15.1 Å². The first-order chi connectivity index (χ1) is 13.5. The van der Waals surface area contributed by atoms with Crippen molar-refractivity contribution >= 4 is 11.7 Å². The standard InChI is InChI=1S/C14H14N4O3.C5H8N2/c1-20-9-5-8(6-10(7-9)21-2)3-4-11-12(14(16)19)13(15)18-17-11;6-5-7-3-1-2-4-7/h5-7H,1-2H3,(H2,16,19)(H3,15,17,18);1-4H2. The van der Waals surface area contributed by atoms with E-state index >= 15 is 0 Å². The molecular weight excluding hydrogens is 360 g/mol. The van der Waals surface area contributed by atoms with Crippen LogP contribution in [0.4, 0.5) is 5.82 Å². The first kappa shape index (κ1) is 20.5. The Bertz CT molecular complexity index is 907. The molecule has 0 radical (unpaired) electrons. The lowest BCUT2D eigenvalue weighted by atomic mass is 10.1. The highest BCUT2D eigenvalue weighted by atomic mass is 16.5. The summed E-state index contributed by atoms with van der Waals surface area (Å²) in [5.41, 5.74) is 11.8. The van der Waals surface area contributed by atoms with Gasteiger partial charge < -0.3 is 25.8 Å². The molecule has 0 bridgehead atoms. The average Bonchev–Trinajstić information content (AvgIpc) is 3.35. The third-order valence-corrected chi connectivity index (χ3v) is 3.97. The molecule has 9 heteroatoms. The number of carbonyl (C=O) groups is 1. The van der Waals surface area contributed by atoms with Gasteiger partial charge in [-0.05, 0) is 30.9 Å². The van der Waals surface area contributed by atoms with Crippen LogP contribution in [0.15, 0.2) is 18.2 Å². The number of nitriles is 1. The smallest absolute Gasteiger partial charge is 0.255 e. The van der Waals surface area contributed by atoms with Gasteiger partial charge in [0.25, 0.3) is 5.91 Å². The number of likely N-dealkylation sites (tertiary alicyclic amines) is 1. The van der Waals surface area contributed by atoms with Gasteiger partial charge in [-0.15, -0.1) is 0 Å². The Morgan fingerprint density at radius 1 is 1.18 bits per heavy atom. The molecule has 1 fully saturated rings. The SMILES string of the molecule is COc1cc(C#Cc2[nH]nc(N)c2C(N)=O)cc(OC)c1.N#CN1CCCC1. The summed E-state index contributed by atoms with van der Waals surface area (Å²) in [4.78, 5) is 13.1. The minimum atomic E-state index is -0.686. The molecule has 1 aliphatic heterocycles. The normalized spacial score (nSPS) is 12.1. The van der Waals surface area contributed by atoms with Crippen LogP contribution in [-0.4, -0.2) is 48.3 Å². The van der Waals surface area contributed by atoms with E-state index in [9.17, 15) is 4.79 Å². The number of aromatic amines is 1. The summed E-state index contributed by atoms with van der Waals surface area (Å²) >= 11 is 0. The zero-order chi connectivity index (χ0) is 20.5. The fourth-order valence-electron chi connectivity index (χ4n) is 2.53. The van der Waals surface area contributed by atoms with Crippen molar-refractivity contribution in [3.05, 3.63) is 35.0 Å². The van der Waals surface area contributed by atoms with Crippen LogP contribution in [0.2, 0.25) is 0 Å². The number of aromatic nitrogens is 2. The number of H-pyrrole nitrogens is 1. The monoisotopic (exact) mass is 382 g/mol. The first-order valence-electron chi connectivity index (χ1n) is 8.52. The summed E-state index contributed by atoms with van der Waals surface area (Å²) in [5.74, 6) is 6.20. The van der Waals surface area contributed by atoms with Crippen LogP contribution in [0.5, 0.6) is 11.5 Å². The number of nitrogens with one attached hydrogen (secondary N) is 1. The molecule has 0 spiro atoms. The predicted octanol–water partition coefficient (Wildman–Crippen LogP) is 1.07. The number of nitrogens with zero attached hydrogens (tertiary/aromatic N) is 3. The summed E-state index contributed by atoms with van der Waals surface area (Å²) in [5, 5.41) is 14.5.